The Kier molecular flexibility index (Phi) is 2.97. The highest BCUT2D eigenvalue weighted by molar-refractivity contribution is 6.66. The van der Waals surface area contributed by atoms with E-state index in [1.54, 1.807) is 4.90 Å². The smallest absolute Gasteiger partial charge is 0.411 e. The lowest BCUT2D eigenvalue weighted by Crippen LogP contribution is -2.44. The molecule has 17 heavy (non-hydrogen) atoms. The maximum Gasteiger partial charge on any atom is 0.411 e. The zero-order valence-corrected chi connectivity index (χ0v) is 10.9. The maximum absolute atomic E-state index is 12.0. The van der Waals surface area contributed by atoms with E-state index in [9.17, 15) is 4.79 Å². The minimum absolute atomic E-state index is 0.0584. The third-order valence-corrected chi connectivity index (χ3v) is 3.41. The quantitative estimate of drug-likeness (QED) is 0.447. The first-order valence-corrected chi connectivity index (χ1v) is 6.10. The van der Waals surface area contributed by atoms with Crippen LogP contribution in [0.3, 0.4) is 0 Å². The molecule has 0 radical (unpaired) electrons. The molecule has 3 atom stereocenters. The highest BCUT2D eigenvalue weighted by Crippen LogP contribution is 2.48. The molecule has 0 aromatic rings. The van der Waals surface area contributed by atoms with Crippen LogP contribution in [0, 0.1) is 5.92 Å². The van der Waals surface area contributed by atoms with Crippen molar-refractivity contribution >= 4 is 22.9 Å². The van der Waals surface area contributed by atoms with E-state index in [0.717, 1.165) is 12.8 Å². The van der Waals surface area contributed by atoms with Gasteiger partial charge in [-0.1, -0.05) is 16.8 Å². The summed E-state index contributed by atoms with van der Waals surface area (Å²) in [4.78, 5) is 13.6. The number of ether oxygens (including phenoxy) is 1. The Morgan fingerprint density at radius 3 is 2.65 bits per heavy atom. The van der Waals surface area contributed by atoms with Gasteiger partial charge in [-0.2, -0.15) is 0 Å². The van der Waals surface area contributed by atoms with Crippen LogP contribution in [-0.4, -0.2) is 39.1 Å². The van der Waals surface area contributed by atoms with E-state index in [0.29, 0.717) is 5.92 Å². The number of piperidine rings is 1. The first kappa shape index (κ1) is 12.5. The maximum atomic E-state index is 12.0. The van der Waals surface area contributed by atoms with Crippen LogP contribution in [0.1, 0.15) is 33.6 Å². The number of oxime groups is 1. The summed E-state index contributed by atoms with van der Waals surface area (Å²) in [5, 5.41) is 11.8. The van der Waals surface area contributed by atoms with Crippen LogP contribution >= 0.6 is 11.6 Å². The number of carbonyl (C=O) groups excluding carboxylic acids is 1. The standard InChI is InChI=1S/C11H17ClN2O3/c1-11(2,3)17-10(15)14-7-4-6(7)5-8(14)9(12)13-16/h6-8,16H,4-5H2,1-3H3/b13-9-/t6-,7-,8-/m1/s1. The van der Waals surface area contributed by atoms with E-state index in [1.807, 2.05) is 20.8 Å². The minimum Gasteiger partial charge on any atom is -0.444 e. The zero-order valence-electron chi connectivity index (χ0n) is 10.2. The SMILES string of the molecule is CC(C)(C)OC(=O)N1[C@@H](/C(Cl)=N/O)C[C@H]2C[C@H]21. The van der Waals surface area contributed by atoms with Crippen molar-refractivity contribution in [2.75, 3.05) is 0 Å². The second-order valence-corrected chi connectivity index (χ2v) is 6.01. The highest BCUT2D eigenvalue weighted by atomic mass is 35.5. The monoisotopic (exact) mass is 260 g/mol. The number of hydrogen-bond donors (Lipinski definition) is 1. The lowest BCUT2D eigenvalue weighted by molar-refractivity contribution is 0.0231. The topological polar surface area (TPSA) is 62.1 Å². The molecule has 0 aromatic heterocycles. The van der Waals surface area contributed by atoms with E-state index < -0.39 is 5.60 Å². The molecular formula is C11H17ClN2O3. The van der Waals surface area contributed by atoms with Gasteiger partial charge in [0.25, 0.3) is 0 Å². The molecule has 1 saturated heterocycles. The van der Waals surface area contributed by atoms with Crippen molar-refractivity contribution in [3.8, 4) is 0 Å². The number of hydrogen-bond acceptors (Lipinski definition) is 4. The number of nitrogens with zero attached hydrogens (tertiary/aromatic N) is 2. The average Bonchev–Trinajstić information content (AvgIpc) is 2.85. The van der Waals surface area contributed by atoms with Gasteiger partial charge in [-0.15, -0.1) is 0 Å². The first-order valence-electron chi connectivity index (χ1n) is 5.72. The van der Waals surface area contributed by atoms with E-state index >= 15 is 0 Å². The molecule has 5 nitrogen and oxygen atoms in total. The molecule has 0 unspecified atom stereocenters. The van der Waals surface area contributed by atoms with Crippen molar-refractivity contribution in [2.45, 2.75) is 51.3 Å². The summed E-state index contributed by atoms with van der Waals surface area (Å²) in [5.41, 5.74) is -0.530. The largest absolute Gasteiger partial charge is 0.444 e. The van der Waals surface area contributed by atoms with Crippen molar-refractivity contribution in [1.82, 2.24) is 4.90 Å². The Morgan fingerprint density at radius 2 is 2.12 bits per heavy atom. The van der Waals surface area contributed by atoms with Crippen LogP contribution in [0.15, 0.2) is 5.16 Å². The molecule has 0 aromatic carbocycles. The zero-order chi connectivity index (χ0) is 12.8. The van der Waals surface area contributed by atoms with Crippen LogP contribution in [0.2, 0.25) is 0 Å². The van der Waals surface area contributed by atoms with Gasteiger partial charge < -0.3 is 9.94 Å². The Hall–Kier alpha value is -0.970. The predicted octanol–water partition coefficient (Wildman–Crippen LogP) is 2.41. The number of fused-ring (bicyclic) bond motifs is 1. The third-order valence-electron chi connectivity index (χ3n) is 3.08. The van der Waals surface area contributed by atoms with Gasteiger partial charge in [0.05, 0.1) is 6.04 Å². The van der Waals surface area contributed by atoms with E-state index in [4.69, 9.17) is 21.5 Å². The summed E-state index contributed by atoms with van der Waals surface area (Å²) in [6, 6.07) is -0.134. The van der Waals surface area contributed by atoms with Gasteiger partial charge in [0.15, 0.2) is 5.17 Å². The van der Waals surface area contributed by atoms with Crippen molar-refractivity contribution < 1.29 is 14.7 Å². The average molecular weight is 261 g/mol. The molecule has 0 bridgehead atoms. The van der Waals surface area contributed by atoms with Crippen molar-refractivity contribution in [3.05, 3.63) is 0 Å². The molecule has 0 spiro atoms. The molecule has 1 N–H and O–H groups in total. The fraction of sp³-hybridized carbons (Fsp3) is 0.818. The molecule has 1 heterocycles. The Bertz CT molecular complexity index is 364. The van der Waals surface area contributed by atoms with E-state index in [1.165, 1.54) is 0 Å². The summed E-state index contributed by atoms with van der Waals surface area (Å²) in [5.74, 6) is 0.475. The van der Waals surface area contributed by atoms with Gasteiger partial charge in [0.1, 0.15) is 5.60 Å². The summed E-state index contributed by atoms with van der Waals surface area (Å²) in [7, 11) is 0. The lowest BCUT2D eigenvalue weighted by atomic mass is 10.2. The fourth-order valence-corrected chi connectivity index (χ4v) is 2.51. The molecule has 2 aliphatic rings. The van der Waals surface area contributed by atoms with Gasteiger partial charge in [-0.3, -0.25) is 4.90 Å². The summed E-state index contributed by atoms with van der Waals surface area (Å²) < 4.78 is 5.34. The van der Waals surface area contributed by atoms with Crippen LogP contribution in [0.25, 0.3) is 0 Å². The first-order chi connectivity index (χ1) is 7.83. The molecule has 1 aliphatic heterocycles. The number of likely N-dealkylation sites (tertiary alicyclic amines) is 1. The van der Waals surface area contributed by atoms with Crippen molar-refractivity contribution in [1.29, 1.82) is 0 Å². The molecule has 2 fully saturated rings. The molecule has 1 aliphatic carbocycles. The van der Waals surface area contributed by atoms with Gasteiger partial charge in [-0.05, 0) is 39.5 Å². The molecule has 1 saturated carbocycles. The van der Waals surface area contributed by atoms with E-state index in [-0.39, 0.29) is 23.3 Å². The van der Waals surface area contributed by atoms with Crippen LogP contribution in [0.4, 0.5) is 4.79 Å². The minimum atomic E-state index is -0.530. The van der Waals surface area contributed by atoms with Gasteiger partial charge in [0.2, 0.25) is 0 Å². The Balaban J connectivity index is 2.10. The highest BCUT2D eigenvalue weighted by Gasteiger charge is 2.56. The fourth-order valence-electron chi connectivity index (χ4n) is 2.31. The number of rotatable bonds is 1. The van der Waals surface area contributed by atoms with Gasteiger partial charge >= 0.3 is 6.09 Å². The summed E-state index contributed by atoms with van der Waals surface area (Å²) in [6.07, 6.45) is 1.37. The van der Waals surface area contributed by atoms with Crippen LogP contribution < -0.4 is 0 Å². The van der Waals surface area contributed by atoms with E-state index in [2.05, 4.69) is 5.16 Å². The van der Waals surface area contributed by atoms with Crippen LogP contribution in [0.5, 0.6) is 0 Å². The number of carbonyl (C=O) groups is 1. The molecule has 1 amide bonds. The Labute approximate surface area is 105 Å². The van der Waals surface area contributed by atoms with Gasteiger partial charge in [0, 0.05) is 6.04 Å². The summed E-state index contributed by atoms with van der Waals surface area (Å²) in [6.45, 7) is 5.46. The molecule has 6 heteroatoms. The molecular weight excluding hydrogens is 244 g/mol. The normalized spacial score (nSPS) is 32.4. The summed E-state index contributed by atoms with van der Waals surface area (Å²) >= 11 is 5.82. The Morgan fingerprint density at radius 1 is 1.47 bits per heavy atom. The number of halogens is 1. The predicted molar refractivity (Wildman–Crippen MR) is 63.4 cm³/mol. The number of amides is 1. The van der Waals surface area contributed by atoms with Gasteiger partial charge in [-0.25, -0.2) is 4.79 Å². The third kappa shape index (κ3) is 2.49. The molecule has 2 rings (SSSR count). The van der Waals surface area contributed by atoms with Crippen LogP contribution in [-0.2, 0) is 4.74 Å². The second kappa shape index (κ2) is 4.05. The lowest BCUT2D eigenvalue weighted by Gasteiger charge is -2.29. The molecule has 96 valence electrons. The second-order valence-electron chi connectivity index (χ2n) is 5.62. The van der Waals surface area contributed by atoms with Crippen molar-refractivity contribution in [3.63, 3.8) is 0 Å². The van der Waals surface area contributed by atoms with Crippen molar-refractivity contribution in [2.24, 2.45) is 11.1 Å².